The van der Waals surface area contributed by atoms with E-state index in [-0.39, 0.29) is 5.91 Å². The molecule has 0 aromatic carbocycles. The first kappa shape index (κ1) is 12.8. The van der Waals surface area contributed by atoms with Crippen LogP contribution in [-0.2, 0) is 4.79 Å². The number of hydrogen-bond donors (Lipinski definition) is 1. The van der Waals surface area contributed by atoms with Crippen molar-refractivity contribution in [3.63, 3.8) is 0 Å². The Morgan fingerprint density at radius 2 is 2.00 bits per heavy atom. The molecule has 88 valence electrons. The summed E-state index contributed by atoms with van der Waals surface area (Å²) in [5.74, 6) is 0.705. The molecule has 1 N–H and O–H groups in total. The lowest BCUT2D eigenvalue weighted by molar-refractivity contribution is -0.122. The molecule has 0 saturated heterocycles. The molecule has 3 heteroatoms. The molecule has 0 aliphatic heterocycles. The first-order chi connectivity index (χ1) is 7.11. The van der Waals surface area contributed by atoms with Gasteiger partial charge in [-0.25, -0.2) is 0 Å². The third-order valence-corrected chi connectivity index (χ3v) is 3.69. The van der Waals surface area contributed by atoms with Gasteiger partial charge in [-0.15, -0.1) is 11.6 Å². The van der Waals surface area contributed by atoms with Crippen molar-refractivity contribution in [2.24, 2.45) is 5.92 Å². The highest BCUT2D eigenvalue weighted by Crippen LogP contribution is 2.22. The first-order valence-electron chi connectivity index (χ1n) is 6.05. The quantitative estimate of drug-likeness (QED) is 0.741. The summed E-state index contributed by atoms with van der Waals surface area (Å²) >= 11 is 6.01. The highest BCUT2D eigenvalue weighted by Gasteiger charge is 2.21. The normalized spacial score (nSPS) is 28.5. The predicted molar refractivity (Wildman–Crippen MR) is 64.1 cm³/mol. The number of alkyl halides is 1. The Kier molecular flexibility index (Phi) is 5.44. The van der Waals surface area contributed by atoms with Gasteiger partial charge in [0, 0.05) is 17.8 Å². The van der Waals surface area contributed by atoms with Crippen molar-refractivity contribution in [3.8, 4) is 0 Å². The molecule has 1 rings (SSSR count). The van der Waals surface area contributed by atoms with Gasteiger partial charge in [-0.2, -0.15) is 0 Å². The monoisotopic (exact) mass is 231 g/mol. The molecule has 1 aliphatic rings. The van der Waals surface area contributed by atoms with Gasteiger partial charge in [0.25, 0.3) is 0 Å². The Bertz CT molecular complexity index is 200. The Morgan fingerprint density at radius 1 is 1.40 bits per heavy atom. The van der Waals surface area contributed by atoms with E-state index < -0.39 is 0 Å². The molecule has 15 heavy (non-hydrogen) atoms. The minimum atomic E-state index is 0.211. The van der Waals surface area contributed by atoms with E-state index in [1.165, 1.54) is 0 Å². The van der Waals surface area contributed by atoms with E-state index in [4.69, 9.17) is 11.6 Å². The van der Waals surface area contributed by atoms with Crippen LogP contribution >= 0.6 is 11.6 Å². The SMILES string of the molecule is CCC(C)CC(=O)NC1CCC(Cl)CC1. The van der Waals surface area contributed by atoms with Gasteiger partial charge in [-0.1, -0.05) is 20.3 Å². The highest BCUT2D eigenvalue weighted by atomic mass is 35.5. The third kappa shape index (κ3) is 4.87. The second kappa shape index (κ2) is 6.37. The van der Waals surface area contributed by atoms with Gasteiger partial charge in [0.05, 0.1) is 0 Å². The van der Waals surface area contributed by atoms with Gasteiger partial charge >= 0.3 is 0 Å². The van der Waals surface area contributed by atoms with E-state index >= 15 is 0 Å². The zero-order valence-electron chi connectivity index (χ0n) is 9.76. The second-order valence-electron chi connectivity index (χ2n) is 4.73. The van der Waals surface area contributed by atoms with Crippen LogP contribution in [0.5, 0.6) is 0 Å². The Labute approximate surface area is 97.8 Å². The van der Waals surface area contributed by atoms with Crippen LogP contribution < -0.4 is 5.32 Å². The summed E-state index contributed by atoms with van der Waals surface area (Å²) in [6.45, 7) is 4.24. The van der Waals surface area contributed by atoms with Crippen LogP contribution in [0.3, 0.4) is 0 Å². The second-order valence-corrected chi connectivity index (χ2v) is 5.35. The largest absolute Gasteiger partial charge is 0.353 e. The number of rotatable bonds is 4. The molecule has 0 radical (unpaired) electrons. The Morgan fingerprint density at radius 3 is 2.53 bits per heavy atom. The van der Waals surface area contributed by atoms with Crippen LogP contribution in [0, 0.1) is 5.92 Å². The smallest absolute Gasteiger partial charge is 0.220 e. The van der Waals surface area contributed by atoms with Gasteiger partial charge in [0.1, 0.15) is 0 Å². The van der Waals surface area contributed by atoms with E-state index in [9.17, 15) is 4.79 Å². The topological polar surface area (TPSA) is 29.1 Å². The predicted octanol–water partition coefficient (Wildman–Crippen LogP) is 3.09. The highest BCUT2D eigenvalue weighted by molar-refractivity contribution is 6.20. The Balaban J connectivity index is 2.20. The first-order valence-corrected chi connectivity index (χ1v) is 6.48. The van der Waals surface area contributed by atoms with E-state index in [1.807, 2.05) is 0 Å². The maximum atomic E-state index is 11.6. The fourth-order valence-electron chi connectivity index (χ4n) is 1.94. The summed E-state index contributed by atoms with van der Waals surface area (Å²) in [6.07, 6.45) is 5.89. The van der Waals surface area contributed by atoms with Crippen molar-refractivity contribution < 1.29 is 4.79 Å². The fourth-order valence-corrected chi connectivity index (χ4v) is 2.20. The summed E-state index contributed by atoms with van der Waals surface area (Å²) in [5.41, 5.74) is 0. The van der Waals surface area contributed by atoms with Crippen molar-refractivity contribution in [2.45, 2.75) is 63.8 Å². The van der Waals surface area contributed by atoms with Crippen molar-refractivity contribution in [1.82, 2.24) is 5.32 Å². The number of nitrogens with one attached hydrogen (secondary N) is 1. The zero-order valence-corrected chi connectivity index (χ0v) is 10.5. The summed E-state index contributed by atoms with van der Waals surface area (Å²) in [4.78, 5) is 11.6. The molecule has 1 fully saturated rings. The fraction of sp³-hybridized carbons (Fsp3) is 0.917. The van der Waals surface area contributed by atoms with Gasteiger partial charge in [0.2, 0.25) is 5.91 Å². The molecule has 0 bridgehead atoms. The maximum Gasteiger partial charge on any atom is 0.220 e. The number of hydrogen-bond acceptors (Lipinski definition) is 1. The van der Waals surface area contributed by atoms with Crippen molar-refractivity contribution in [3.05, 3.63) is 0 Å². The van der Waals surface area contributed by atoms with Crippen LogP contribution in [0.4, 0.5) is 0 Å². The molecule has 1 amide bonds. The van der Waals surface area contributed by atoms with E-state index in [0.717, 1.165) is 32.1 Å². The molecule has 1 atom stereocenters. The Hall–Kier alpha value is -0.240. The maximum absolute atomic E-state index is 11.6. The average molecular weight is 232 g/mol. The van der Waals surface area contributed by atoms with Crippen molar-refractivity contribution in [1.29, 1.82) is 0 Å². The van der Waals surface area contributed by atoms with Gasteiger partial charge in [0.15, 0.2) is 0 Å². The van der Waals surface area contributed by atoms with Gasteiger partial charge in [-0.05, 0) is 31.6 Å². The molecule has 2 nitrogen and oxygen atoms in total. The van der Waals surface area contributed by atoms with Crippen molar-refractivity contribution >= 4 is 17.5 Å². The lowest BCUT2D eigenvalue weighted by Gasteiger charge is -2.26. The lowest BCUT2D eigenvalue weighted by Crippen LogP contribution is -2.38. The number of carbonyl (C=O) groups is 1. The average Bonchev–Trinajstić information content (AvgIpc) is 2.21. The van der Waals surface area contributed by atoms with Crippen LogP contribution in [0.25, 0.3) is 0 Å². The van der Waals surface area contributed by atoms with E-state index in [2.05, 4.69) is 19.2 Å². The summed E-state index contributed by atoms with van der Waals surface area (Å²) in [7, 11) is 0. The molecule has 0 aromatic heterocycles. The van der Waals surface area contributed by atoms with E-state index in [1.54, 1.807) is 0 Å². The van der Waals surface area contributed by atoms with Crippen molar-refractivity contribution in [2.75, 3.05) is 0 Å². The zero-order chi connectivity index (χ0) is 11.3. The molecule has 1 unspecified atom stereocenters. The molecular weight excluding hydrogens is 210 g/mol. The molecule has 1 saturated carbocycles. The van der Waals surface area contributed by atoms with Crippen LogP contribution in [-0.4, -0.2) is 17.3 Å². The number of halogens is 1. The lowest BCUT2D eigenvalue weighted by atomic mass is 9.94. The van der Waals surface area contributed by atoms with Crippen LogP contribution in [0.2, 0.25) is 0 Å². The molecule has 0 spiro atoms. The minimum Gasteiger partial charge on any atom is -0.353 e. The summed E-state index contributed by atoms with van der Waals surface area (Å²) in [6, 6.07) is 0.372. The molecule has 1 aliphatic carbocycles. The molecular formula is C12H22ClNO. The van der Waals surface area contributed by atoms with Gasteiger partial charge in [-0.3, -0.25) is 4.79 Å². The number of amides is 1. The third-order valence-electron chi connectivity index (χ3n) is 3.25. The molecule has 0 heterocycles. The molecule has 0 aromatic rings. The summed E-state index contributed by atoms with van der Waals surface area (Å²) < 4.78 is 0. The minimum absolute atomic E-state index is 0.211. The van der Waals surface area contributed by atoms with Gasteiger partial charge < -0.3 is 5.32 Å². The van der Waals surface area contributed by atoms with E-state index in [0.29, 0.717) is 23.8 Å². The number of carbonyl (C=O) groups excluding carboxylic acids is 1. The van der Waals surface area contributed by atoms with Crippen LogP contribution in [0.1, 0.15) is 52.4 Å². The summed E-state index contributed by atoms with van der Waals surface area (Å²) in [5, 5.41) is 3.43. The standard InChI is InChI=1S/C12H22ClNO/c1-3-9(2)8-12(15)14-11-6-4-10(13)5-7-11/h9-11H,3-8H2,1-2H3,(H,14,15). The van der Waals surface area contributed by atoms with Crippen LogP contribution in [0.15, 0.2) is 0 Å².